The molecule has 2 N–H and O–H groups in total. The lowest BCUT2D eigenvalue weighted by molar-refractivity contribution is 0.0766. The predicted molar refractivity (Wildman–Crippen MR) is 73.9 cm³/mol. The van der Waals surface area contributed by atoms with Gasteiger partial charge in [0.15, 0.2) is 9.84 Å². The highest BCUT2D eigenvalue weighted by Crippen LogP contribution is 2.10. The molecule has 1 unspecified atom stereocenters. The van der Waals surface area contributed by atoms with Crippen molar-refractivity contribution in [2.45, 2.75) is 17.5 Å². The van der Waals surface area contributed by atoms with E-state index in [4.69, 9.17) is 4.74 Å². The maximum absolute atomic E-state index is 11.3. The standard InChI is InChI=1S/C13H20N2O3S/c1-19(16,17)13-4-2-11(3-5-13)8-14-9-12-10-18-7-6-15-12/h2-5,12,14-15H,6-10H2,1H3. The van der Waals surface area contributed by atoms with Crippen molar-refractivity contribution in [2.75, 3.05) is 32.6 Å². The first-order chi connectivity index (χ1) is 9.05. The third kappa shape index (κ3) is 4.58. The van der Waals surface area contributed by atoms with Gasteiger partial charge >= 0.3 is 0 Å². The third-order valence-electron chi connectivity index (χ3n) is 3.07. The maximum Gasteiger partial charge on any atom is 0.175 e. The normalized spacial score (nSPS) is 20.4. The fourth-order valence-corrected chi connectivity index (χ4v) is 2.63. The van der Waals surface area contributed by atoms with E-state index < -0.39 is 9.84 Å². The lowest BCUT2D eigenvalue weighted by Gasteiger charge is -2.24. The molecule has 1 aromatic carbocycles. The summed E-state index contributed by atoms with van der Waals surface area (Å²) < 4.78 is 28.0. The first kappa shape index (κ1) is 14.5. The molecule has 1 atom stereocenters. The molecule has 0 aromatic heterocycles. The Bertz CT molecular complexity index is 493. The minimum atomic E-state index is -3.10. The van der Waals surface area contributed by atoms with E-state index in [9.17, 15) is 8.42 Å². The van der Waals surface area contributed by atoms with Crippen molar-refractivity contribution in [3.8, 4) is 0 Å². The number of hydrogen-bond acceptors (Lipinski definition) is 5. The van der Waals surface area contributed by atoms with E-state index in [-0.39, 0.29) is 0 Å². The minimum absolute atomic E-state index is 0.351. The Morgan fingerprint density at radius 1 is 1.37 bits per heavy atom. The summed E-state index contributed by atoms with van der Waals surface area (Å²) in [5.74, 6) is 0. The second-order valence-electron chi connectivity index (χ2n) is 4.77. The number of nitrogens with one attached hydrogen (secondary N) is 2. The molecule has 0 spiro atoms. The molecular weight excluding hydrogens is 264 g/mol. The average molecular weight is 284 g/mol. The number of benzene rings is 1. The van der Waals surface area contributed by atoms with Crippen LogP contribution in [-0.4, -0.2) is 47.0 Å². The van der Waals surface area contributed by atoms with Crippen LogP contribution in [0.1, 0.15) is 5.56 Å². The smallest absolute Gasteiger partial charge is 0.175 e. The van der Waals surface area contributed by atoms with Gasteiger partial charge < -0.3 is 15.4 Å². The van der Waals surface area contributed by atoms with E-state index in [1.54, 1.807) is 12.1 Å². The molecular formula is C13H20N2O3S. The monoisotopic (exact) mass is 284 g/mol. The second kappa shape index (κ2) is 6.47. The number of rotatable bonds is 5. The molecule has 6 heteroatoms. The molecule has 0 radical (unpaired) electrons. The first-order valence-corrected chi connectivity index (χ1v) is 8.26. The molecule has 1 aromatic rings. The molecule has 0 bridgehead atoms. The van der Waals surface area contributed by atoms with Gasteiger partial charge in [-0.05, 0) is 17.7 Å². The molecule has 1 fully saturated rings. The van der Waals surface area contributed by atoms with Crippen LogP contribution in [0.3, 0.4) is 0 Å². The van der Waals surface area contributed by atoms with E-state index in [0.29, 0.717) is 10.9 Å². The molecule has 2 rings (SSSR count). The Balaban J connectivity index is 1.80. The largest absolute Gasteiger partial charge is 0.378 e. The van der Waals surface area contributed by atoms with Crippen molar-refractivity contribution in [2.24, 2.45) is 0 Å². The summed E-state index contributed by atoms with van der Waals surface area (Å²) in [5, 5.41) is 6.71. The van der Waals surface area contributed by atoms with Crippen LogP contribution in [0.2, 0.25) is 0 Å². The van der Waals surface area contributed by atoms with Gasteiger partial charge in [-0.3, -0.25) is 0 Å². The van der Waals surface area contributed by atoms with Crippen molar-refractivity contribution in [3.05, 3.63) is 29.8 Å². The third-order valence-corrected chi connectivity index (χ3v) is 4.20. The van der Waals surface area contributed by atoms with Crippen molar-refractivity contribution in [1.29, 1.82) is 0 Å². The quantitative estimate of drug-likeness (QED) is 0.807. The Morgan fingerprint density at radius 3 is 2.68 bits per heavy atom. The van der Waals surface area contributed by atoms with Gasteiger partial charge in [-0.1, -0.05) is 12.1 Å². The molecule has 106 valence electrons. The fraction of sp³-hybridized carbons (Fsp3) is 0.538. The molecule has 1 aliphatic rings. The Labute approximate surface area is 114 Å². The van der Waals surface area contributed by atoms with Crippen LogP contribution in [0.5, 0.6) is 0 Å². The van der Waals surface area contributed by atoms with Crippen molar-refractivity contribution < 1.29 is 13.2 Å². The van der Waals surface area contributed by atoms with Crippen LogP contribution in [0.25, 0.3) is 0 Å². The van der Waals surface area contributed by atoms with Crippen LogP contribution in [0.15, 0.2) is 29.2 Å². The van der Waals surface area contributed by atoms with E-state index in [1.807, 2.05) is 12.1 Å². The van der Waals surface area contributed by atoms with Gasteiger partial charge in [-0.2, -0.15) is 0 Å². The molecule has 1 saturated heterocycles. The minimum Gasteiger partial charge on any atom is -0.378 e. The number of sulfone groups is 1. The molecule has 0 saturated carbocycles. The number of ether oxygens (including phenoxy) is 1. The van der Waals surface area contributed by atoms with Crippen molar-refractivity contribution >= 4 is 9.84 Å². The van der Waals surface area contributed by atoms with Crippen molar-refractivity contribution in [1.82, 2.24) is 10.6 Å². The topological polar surface area (TPSA) is 67.4 Å². The number of hydrogen-bond donors (Lipinski definition) is 2. The molecule has 19 heavy (non-hydrogen) atoms. The molecule has 1 heterocycles. The highest BCUT2D eigenvalue weighted by Gasteiger charge is 2.12. The lowest BCUT2D eigenvalue weighted by Crippen LogP contribution is -2.47. The lowest BCUT2D eigenvalue weighted by atomic mass is 10.2. The van der Waals surface area contributed by atoms with Crippen LogP contribution < -0.4 is 10.6 Å². The summed E-state index contributed by atoms with van der Waals surface area (Å²) in [6, 6.07) is 7.33. The van der Waals surface area contributed by atoms with Gasteiger partial charge in [0.25, 0.3) is 0 Å². The Morgan fingerprint density at radius 2 is 2.11 bits per heavy atom. The van der Waals surface area contributed by atoms with Gasteiger partial charge in [0.05, 0.1) is 18.1 Å². The molecule has 0 amide bonds. The summed E-state index contributed by atoms with van der Waals surface area (Å²) in [5.41, 5.74) is 1.07. The summed E-state index contributed by atoms with van der Waals surface area (Å²) >= 11 is 0. The zero-order chi connectivity index (χ0) is 13.7. The summed E-state index contributed by atoms with van der Waals surface area (Å²) in [6.45, 7) is 3.98. The van der Waals surface area contributed by atoms with Crippen molar-refractivity contribution in [3.63, 3.8) is 0 Å². The summed E-state index contributed by atoms with van der Waals surface area (Å²) in [7, 11) is -3.10. The van der Waals surface area contributed by atoms with E-state index >= 15 is 0 Å². The van der Waals surface area contributed by atoms with Crippen LogP contribution in [-0.2, 0) is 21.1 Å². The van der Waals surface area contributed by atoms with Gasteiger partial charge in [0.1, 0.15) is 0 Å². The first-order valence-electron chi connectivity index (χ1n) is 6.36. The zero-order valence-electron chi connectivity index (χ0n) is 11.1. The highest BCUT2D eigenvalue weighted by atomic mass is 32.2. The molecule has 0 aliphatic carbocycles. The van der Waals surface area contributed by atoms with Gasteiger partial charge in [-0.25, -0.2) is 8.42 Å². The zero-order valence-corrected chi connectivity index (χ0v) is 11.9. The van der Waals surface area contributed by atoms with E-state index in [0.717, 1.165) is 38.4 Å². The molecule has 1 aliphatic heterocycles. The fourth-order valence-electron chi connectivity index (χ4n) is 2.00. The van der Waals surface area contributed by atoms with Crippen LogP contribution >= 0.6 is 0 Å². The van der Waals surface area contributed by atoms with E-state index in [2.05, 4.69) is 10.6 Å². The van der Waals surface area contributed by atoms with E-state index in [1.165, 1.54) is 6.26 Å². The molecule has 5 nitrogen and oxygen atoms in total. The maximum atomic E-state index is 11.3. The SMILES string of the molecule is CS(=O)(=O)c1ccc(CNCC2COCCN2)cc1. The summed E-state index contributed by atoms with van der Waals surface area (Å²) in [4.78, 5) is 0.360. The average Bonchev–Trinajstić information content (AvgIpc) is 2.39. The predicted octanol–water partition coefficient (Wildman–Crippen LogP) is 0.168. The number of morpholine rings is 1. The second-order valence-corrected chi connectivity index (χ2v) is 6.79. The van der Waals surface area contributed by atoms with Gasteiger partial charge in [0.2, 0.25) is 0 Å². The highest BCUT2D eigenvalue weighted by molar-refractivity contribution is 7.90. The summed E-state index contributed by atoms with van der Waals surface area (Å²) in [6.07, 6.45) is 1.22. The van der Waals surface area contributed by atoms with Gasteiger partial charge in [-0.15, -0.1) is 0 Å². The van der Waals surface area contributed by atoms with Gasteiger partial charge in [0, 0.05) is 31.9 Å². The van der Waals surface area contributed by atoms with Crippen LogP contribution in [0.4, 0.5) is 0 Å². The van der Waals surface area contributed by atoms with Crippen LogP contribution in [0, 0.1) is 0 Å². The Kier molecular flexibility index (Phi) is 4.93. The Hall–Kier alpha value is -0.950.